The number of rotatable bonds is 5. The normalized spacial score (nSPS) is 11.0. The molecule has 0 saturated heterocycles. The maximum Gasteiger partial charge on any atom is 0.338 e. The summed E-state index contributed by atoms with van der Waals surface area (Å²) in [6.07, 6.45) is 4.51. The molecule has 0 bridgehead atoms. The topological polar surface area (TPSA) is 82.5 Å². The number of aromatic nitrogens is 3. The molecule has 0 N–H and O–H groups in total. The molecule has 0 aliphatic carbocycles. The first-order valence-electron chi connectivity index (χ1n) is 7.02. The lowest BCUT2D eigenvalue weighted by atomic mass is 10.1. The van der Waals surface area contributed by atoms with E-state index in [0.29, 0.717) is 23.7 Å². The van der Waals surface area contributed by atoms with Crippen molar-refractivity contribution >= 4 is 12.2 Å². The molecular formula is C16H14N4O3. The molecule has 3 rings (SSSR count). The van der Waals surface area contributed by atoms with E-state index in [1.54, 1.807) is 37.4 Å². The fourth-order valence-electron chi connectivity index (χ4n) is 1.97. The molecule has 0 saturated carbocycles. The van der Waals surface area contributed by atoms with Crippen molar-refractivity contribution in [2.75, 3.05) is 6.61 Å². The molecule has 0 atom stereocenters. The molecular weight excluding hydrogens is 296 g/mol. The highest BCUT2D eigenvalue weighted by atomic mass is 16.5. The van der Waals surface area contributed by atoms with E-state index in [4.69, 9.17) is 9.15 Å². The van der Waals surface area contributed by atoms with Gasteiger partial charge in [-0.25, -0.2) is 9.47 Å². The molecule has 23 heavy (non-hydrogen) atoms. The monoisotopic (exact) mass is 310 g/mol. The van der Waals surface area contributed by atoms with Gasteiger partial charge >= 0.3 is 5.97 Å². The average molecular weight is 310 g/mol. The number of hydrogen-bond acceptors (Lipinski definition) is 6. The SMILES string of the molecule is CCOC(=O)c1cccc(-c2ccc(C=Nn3cnnc3)o2)c1. The highest BCUT2D eigenvalue weighted by Crippen LogP contribution is 2.23. The van der Waals surface area contributed by atoms with Gasteiger partial charge in [0, 0.05) is 5.56 Å². The van der Waals surface area contributed by atoms with Crippen LogP contribution in [0.5, 0.6) is 0 Å². The van der Waals surface area contributed by atoms with Crippen LogP contribution in [0, 0.1) is 0 Å². The van der Waals surface area contributed by atoms with Gasteiger partial charge in [-0.2, -0.15) is 5.10 Å². The molecule has 0 radical (unpaired) electrons. The van der Waals surface area contributed by atoms with Crippen molar-refractivity contribution in [2.45, 2.75) is 6.92 Å². The highest BCUT2D eigenvalue weighted by Gasteiger charge is 2.09. The van der Waals surface area contributed by atoms with Crippen LogP contribution >= 0.6 is 0 Å². The molecule has 0 unspecified atom stereocenters. The summed E-state index contributed by atoms with van der Waals surface area (Å²) in [5, 5.41) is 11.4. The molecule has 2 aromatic heterocycles. The molecule has 7 heteroatoms. The van der Waals surface area contributed by atoms with Gasteiger partial charge < -0.3 is 9.15 Å². The first-order valence-corrected chi connectivity index (χ1v) is 7.02. The third-order valence-corrected chi connectivity index (χ3v) is 3.01. The van der Waals surface area contributed by atoms with Crippen LogP contribution in [-0.2, 0) is 4.74 Å². The number of carbonyl (C=O) groups excluding carboxylic acids is 1. The Morgan fingerprint density at radius 2 is 2.13 bits per heavy atom. The molecule has 7 nitrogen and oxygen atoms in total. The second-order valence-corrected chi connectivity index (χ2v) is 4.59. The van der Waals surface area contributed by atoms with Gasteiger partial charge in [0.2, 0.25) is 0 Å². The molecule has 1 aromatic carbocycles. The van der Waals surface area contributed by atoms with Crippen molar-refractivity contribution in [2.24, 2.45) is 5.10 Å². The highest BCUT2D eigenvalue weighted by molar-refractivity contribution is 5.90. The van der Waals surface area contributed by atoms with Crippen LogP contribution in [0.25, 0.3) is 11.3 Å². The molecule has 0 amide bonds. The summed E-state index contributed by atoms with van der Waals surface area (Å²) in [7, 11) is 0. The van der Waals surface area contributed by atoms with E-state index >= 15 is 0 Å². The Labute approximate surface area is 132 Å². The third kappa shape index (κ3) is 3.52. The van der Waals surface area contributed by atoms with Crippen molar-refractivity contribution in [3.05, 3.63) is 60.4 Å². The number of hydrogen-bond donors (Lipinski definition) is 0. The molecule has 2 heterocycles. The smallest absolute Gasteiger partial charge is 0.338 e. The number of furan rings is 1. The van der Waals surface area contributed by atoms with Gasteiger partial charge in [0.15, 0.2) is 0 Å². The van der Waals surface area contributed by atoms with E-state index in [0.717, 1.165) is 5.56 Å². The summed E-state index contributed by atoms with van der Waals surface area (Å²) in [6, 6.07) is 10.7. The Balaban J connectivity index is 1.80. The van der Waals surface area contributed by atoms with Crippen molar-refractivity contribution in [1.82, 2.24) is 14.9 Å². The molecule has 116 valence electrons. The van der Waals surface area contributed by atoms with Gasteiger partial charge in [-0.15, -0.1) is 10.2 Å². The molecule has 0 spiro atoms. The zero-order valence-electron chi connectivity index (χ0n) is 12.4. The summed E-state index contributed by atoms with van der Waals surface area (Å²) in [5.41, 5.74) is 1.28. The zero-order chi connectivity index (χ0) is 16.1. The summed E-state index contributed by atoms with van der Waals surface area (Å²) in [4.78, 5) is 11.8. The fourth-order valence-corrected chi connectivity index (χ4v) is 1.97. The molecule has 0 fully saturated rings. The lowest BCUT2D eigenvalue weighted by molar-refractivity contribution is 0.0526. The Hall–Kier alpha value is -3.22. The number of ether oxygens (including phenoxy) is 1. The lowest BCUT2D eigenvalue weighted by Gasteiger charge is -2.03. The predicted molar refractivity (Wildman–Crippen MR) is 83.1 cm³/mol. The van der Waals surface area contributed by atoms with E-state index in [1.165, 1.54) is 17.3 Å². The average Bonchev–Trinajstić information content (AvgIpc) is 3.25. The summed E-state index contributed by atoms with van der Waals surface area (Å²) >= 11 is 0. The number of esters is 1. The molecule has 3 aromatic rings. The van der Waals surface area contributed by atoms with Crippen LogP contribution in [0.2, 0.25) is 0 Å². The Bertz CT molecular complexity index is 821. The van der Waals surface area contributed by atoms with Crippen LogP contribution in [0.1, 0.15) is 23.0 Å². The number of benzene rings is 1. The summed E-state index contributed by atoms with van der Waals surface area (Å²) in [5.74, 6) is 0.867. The van der Waals surface area contributed by atoms with E-state index in [9.17, 15) is 4.79 Å². The van der Waals surface area contributed by atoms with Crippen LogP contribution in [0.15, 0.2) is 58.6 Å². The van der Waals surface area contributed by atoms with Gasteiger partial charge in [0.25, 0.3) is 0 Å². The van der Waals surface area contributed by atoms with Crippen molar-refractivity contribution in [3.8, 4) is 11.3 Å². The predicted octanol–water partition coefficient (Wildman–Crippen LogP) is 2.60. The number of carbonyl (C=O) groups is 1. The standard InChI is InChI=1S/C16H14N4O3/c1-2-22-16(21)13-5-3-4-12(8-13)15-7-6-14(23-15)9-19-20-10-17-18-11-20/h3-11H,2H2,1H3. The summed E-state index contributed by atoms with van der Waals surface area (Å²) < 4.78 is 12.2. The van der Waals surface area contributed by atoms with E-state index in [-0.39, 0.29) is 5.97 Å². The minimum absolute atomic E-state index is 0.341. The third-order valence-electron chi connectivity index (χ3n) is 3.01. The van der Waals surface area contributed by atoms with Gasteiger partial charge in [-0.05, 0) is 31.2 Å². The van der Waals surface area contributed by atoms with Gasteiger partial charge in [-0.1, -0.05) is 12.1 Å². The number of nitrogens with zero attached hydrogens (tertiary/aromatic N) is 4. The first kappa shape index (κ1) is 14.7. The second-order valence-electron chi connectivity index (χ2n) is 4.59. The Kier molecular flexibility index (Phi) is 4.28. The minimum atomic E-state index is -0.352. The largest absolute Gasteiger partial charge is 0.462 e. The van der Waals surface area contributed by atoms with Crippen molar-refractivity contribution in [1.29, 1.82) is 0 Å². The van der Waals surface area contributed by atoms with E-state index < -0.39 is 0 Å². The Morgan fingerprint density at radius 3 is 2.91 bits per heavy atom. The van der Waals surface area contributed by atoms with Crippen LogP contribution < -0.4 is 0 Å². The van der Waals surface area contributed by atoms with Crippen LogP contribution in [0.4, 0.5) is 0 Å². The minimum Gasteiger partial charge on any atom is -0.462 e. The van der Waals surface area contributed by atoms with Crippen LogP contribution in [0.3, 0.4) is 0 Å². The maximum absolute atomic E-state index is 11.8. The quantitative estimate of drug-likeness (QED) is 0.534. The fraction of sp³-hybridized carbons (Fsp3) is 0.125. The van der Waals surface area contributed by atoms with Crippen molar-refractivity contribution in [3.63, 3.8) is 0 Å². The second kappa shape index (κ2) is 6.69. The van der Waals surface area contributed by atoms with Crippen LogP contribution in [-0.4, -0.2) is 33.7 Å². The van der Waals surface area contributed by atoms with Gasteiger partial charge in [0.05, 0.1) is 18.4 Å². The summed E-state index contributed by atoms with van der Waals surface area (Å²) in [6.45, 7) is 2.11. The van der Waals surface area contributed by atoms with Gasteiger partial charge in [-0.3, -0.25) is 0 Å². The molecule has 0 aliphatic heterocycles. The zero-order valence-corrected chi connectivity index (χ0v) is 12.4. The van der Waals surface area contributed by atoms with E-state index in [2.05, 4.69) is 15.3 Å². The lowest BCUT2D eigenvalue weighted by Crippen LogP contribution is -2.04. The molecule has 0 aliphatic rings. The maximum atomic E-state index is 11.8. The van der Waals surface area contributed by atoms with Gasteiger partial charge in [0.1, 0.15) is 24.2 Å². The van der Waals surface area contributed by atoms with E-state index in [1.807, 2.05) is 12.1 Å². The Morgan fingerprint density at radius 1 is 1.30 bits per heavy atom. The first-order chi connectivity index (χ1) is 11.3. The van der Waals surface area contributed by atoms with Crippen molar-refractivity contribution < 1.29 is 13.9 Å².